The van der Waals surface area contributed by atoms with Crippen LogP contribution < -0.4 is 14.5 Å². The Labute approximate surface area is 212 Å². The molecular weight excluding hydrogens is 474 g/mol. The van der Waals surface area contributed by atoms with Gasteiger partial charge in [0.05, 0.1) is 19.4 Å². The lowest BCUT2D eigenvalue weighted by molar-refractivity contribution is -0.125. The summed E-state index contributed by atoms with van der Waals surface area (Å²) in [7, 11) is 3.46. The Morgan fingerprint density at radius 3 is 2.27 bits per heavy atom. The Bertz CT molecular complexity index is 1470. The molecule has 0 N–H and O–H groups in total. The van der Waals surface area contributed by atoms with E-state index in [-0.39, 0.29) is 18.4 Å². The van der Waals surface area contributed by atoms with E-state index >= 15 is 0 Å². The van der Waals surface area contributed by atoms with E-state index in [1.54, 1.807) is 32.5 Å². The maximum absolute atomic E-state index is 14.0. The van der Waals surface area contributed by atoms with E-state index in [4.69, 9.17) is 14.6 Å². The van der Waals surface area contributed by atoms with E-state index in [2.05, 4.69) is 10.2 Å². The van der Waals surface area contributed by atoms with Crippen molar-refractivity contribution >= 4 is 23.2 Å². The van der Waals surface area contributed by atoms with Crippen molar-refractivity contribution < 1.29 is 19.1 Å². The van der Waals surface area contributed by atoms with Gasteiger partial charge in [0.1, 0.15) is 30.1 Å². The zero-order valence-corrected chi connectivity index (χ0v) is 20.5. The highest BCUT2D eigenvalue weighted by Gasteiger charge is 2.35. The van der Waals surface area contributed by atoms with Gasteiger partial charge in [0.25, 0.3) is 11.8 Å². The van der Waals surface area contributed by atoms with E-state index in [9.17, 15) is 9.59 Å². The second kappa shape index (κ2) is 9.17. The van der Waals surface area contributed by atoms with Crippen LogP contribution in [0.15, 0.2) is 54.9 Å². The van der Waals surface area contributed by atoms with Crippen LogP contribution in [0.2, 0.25) is 0 Å². The normalized spacial score (nSPS) is 15.7. The van der Waals surface area contributed by atoms with Gasteiger partial charge < -0.3 is 23.8 Å². The van der Waals surface area contributed by atoms with Crippen LogP contribution in [0.4, 0.5) is 11.4 Å². The van der Waals surface area contributed by atoms with Gasteiger partial charge in [0, 0.05) is 37.1 Å². The maximum atomic E-state index is 14.0. The molecule has 0 saturated carbocycles. The first-order chi connectivity index (χ1) is 18.0. The number of anilines is 2. The average Bonchev–Trinajstić information content (AvgIpc) is 3.53. The molecule has 11 heteroatoms. The first-order valence-electron chi connectivity index (χ1n) is 12.0. The van der Waals surface area contributed by atoms with Crippen molar-refractivity contribution in [2.45, 2.75) is 6.42 Å². The molecule has 37 heavy (non-hydrogen) atoms. The lowest BCUT2D eigenvalue weighted by Gasteiger charge is -2.29. The molecule has 11 nitrogen and oxygen atoms in total. The first-order valence-corrected chi connectivity index (χ1v) is 12.0. The fourth-order valence-electron chi connectivity index (χ4n) is 4.80. The largest absolute Gasteiger partial charge is 0.497 e. The molecule has 6 rings (SSSR count). The van der Waals surface area contributed by atoms with Crippen LogP contribution in [0, 0.1) is 0 Å². The molecule has 188 valence electrons. The SMILES string of the molecule is COc1ccc(-n2nc(-c3nncn3C)c3c2C(=O)N(c2ccc(N4CCOCC4=O)cc2)CC3)cc1. The summed E-state index contributed by atoms with van der Waals surface area (Å²) in [5.74, 6) is 1.08. The summed E-state index contributed by atoms with van der Waals surface area (Å²) in [5, 5.41) is 13.1. The van der Waals surface area contributed by atoms with Crippen molar-refractivity contribution in [3.8, 4) is 23.0 Å². The number of amides is 2. The predicted molar refractivity (Wildman–Crippen MR) is 135 cm³/mol. The third kappa shape index (κ3) is 3.93. The van der Waals surface area contributed by atoms with Crippen LogP contribution in [0.1, 0.15) is 16.1 Å². The van der Waals surface area contributed by atoms with Crippen molar-refractivity contribution in [3.05, 3.63) is 66.1 Å². The summed E-state index contributed by atoms with van der Waals surface area (Å²) in [6.45, 7) is 1.58. The lowest BCUT2D eigenvalue weighted by atomic mass is 10.0. The molecule has 0 bridgehead atoms. The molecule has 2 aliphatic heterocycles. The third-order valence-corrected chi connectivity index (χ3v) is 6.72. The van der Waals surface area contributed by atoms with Crippen molar-refractivity contribution in [3.63, 3.8) is 0 Å². The van der Waals surface area contributed by atoms with Crippen LogP contribution in [-0.2, 0) is 23.0 Å². The third-order valence-electron chi connectivity index (χ3n) is 6.72. The minimum atomic E-state index is -0.159. The van der Waals surface area contributed by atoms with Gasteiger partial charge in [0.15, 0.2) is 5.82 Å². The van der Waals surface area contributed by atoms with E-state index in [0.29, 0.717) is 49.1 Å². The number of methoxy groups -OCH3 is 1. The Hall–Kier alpha value is -4.51. The Morgan fingerprint density at radius 1 is 0.919 bits per heavy atom. The summed E-state index contributed by atoms with van der Waals surface area (Å²) in [5.41, 5.74) is 4.24. The zero-order valence-electron chi connectivity index (χ0n) is 20.5. The molecule has 1 fully saturated rings. The highest BCUT2D eigenvalue weighted by Crippen LogP contribution is 2.33. The fraction of sp³-hybridized carbons (Fsp3) is 0.269. The molecule has 0 atom stereocenters. The van der Waals surface area contributed by atoms with Crippen molar-refractivity contribution in [1.82, 2.24) is 24.5 Å². The summed E-state index contributed by atoms with van der Waals surface area (Å²) in [6, 6.07) is 14.9. The van der Waals surface area contributed by atoms with Gasteiger partial charge in [-0.1, -0.05) is 0 Å². The van der Waals surface area contributed by atoms with Gasteiger partial charge in [-0.25, -0.2) is 4.68 Å². The number of benzene rings is 2. The van der Waals surface area contributed by atoms with Crippen molar-refractivity contribution in [2.24, 2.45) is 7.05 Å². The van der Waals surface area contributed by atoms with E-state index in [1.807, 2.05) is 55.6 Å². The Balaban J connectivity index is 1.39. The van der Waals surface area contributed by atoms with Crippen LogP contribution in [0.3, 0.4) is 0 Å². The molecule has 4 heterocycles. The van der Waals surface area contributed by atoms with E-state index < -0.39 is 0 Å². The number of hydrogen-bond acceptors (Lipinski definition) is 7. The van der Waals surface area contributed by atoms with Crippen molar-refractivity contribution in [1.29, 1.82) is 0 Å². The summed E-state index contributed by atoms with van der Waals surface area (Å²) in [6.07, 6.45) is 2.22. The van der Waals surface area contributed by atoms with E-state index in [0.717, 1.165) is 22.6 Å². The second-order valence-corrected chi connectivity index (χ2v) is 8.87. The Kier molecular flexibility index (Phi) is 5.68. The molecule has 2 aromatic heterocycles. The van der Waals surface area contributed by atoms with Gasteiger partial charge in [0.2, 0.25) is 0 Å². The zero-order chi connectivity index (χ0) is 25.5. The number of hydrogen-bond donors (Lipinski definition) is 0. The van der Waals surface area contributed by atoms with Gasteiger partial charge in [-0.15, -0.1) is 10.2 Å². The minimum Gasteiger partial charge on any atom is -0.497 e. The molecule has 2 aliphatic rings. The number of carbonyl (C=O) groups is 2. The Morgan fingerprint density at radius 2 is 1.62 bits per heavy atom. The van der Waals surface area contributed by atoms with Crippen LogP contribution in [-0.4, -0.2) is 69.8 Å². The highest BCUT2D eigenvalue weighted by atomic mass is 16.5. The number of aromatic nitrogens is 5. The standard InChI is InChI=1S/C26H25N7O4/c1-30-16-27-28-25(30)23-21-11-12-32(18-5-3-17(4-6-18)31-13-14-37-15-22(31)34)26(35)24(21)33(29-23)19-7-9-20(36-2)10-8-19/h3-10,16H,11-15H2,1-2H3. The minimum absolute atomic E-state index is 0.0719. The molecule has 1 saturated heterocycles. The number of nitrogens with zero attached hydrogens (tertiary/aromatic N) is 7. The molecule has 2 aromatic carbocycles. The number of rotatable bonds is 5. The first kappa shape index (κ1) is 22.9. The van der Waals surface area contributed by atoms with E-state index in [1.165, 1.54) is 0 Å². The van der Waals surface area contributed by atoms with Gasteiger partial charge in [-0.05, 0) is 55.0 Å². The molecule has 2 amide bonds. The number of carbonyl (C=O) groups excluding carboxylic acids is 2. The van der Waals surface area contributed by atoms with Crippen molar-refractivity contribution in [2.75, 3.05) is 43.2 Å². The van der Waals surface area contributed by atoms with Crippen LogP contribution in [0.25, 0.3) is 17.2 Å². The molecule has 4 aromatic rings. The number of morpholine rings is 1. The predicted octanol–water partition coefficient (Wildman–Crippen LogP) is 2.24. The quantitative estimate of drug-likeness (QED) is 0.414. The molecule has 0 spiro atoms. The monoisotopic (exact) mass is 499 g/mol. The van der Waals surface area contributed by atoms with Crippen LogP contribution >= 0.6 is 0 Å². The summed E-state index contributed by atoms with van der Waals surface area (Å²) < 4.78 is 14.0. The number of ether oxygens (including phenoxy) is 2. The average molecular weight is 500 g/mol. The topological polar surface area (TPSA) is 108 Å². The molecule has 0 unspecified atom stereocenters. The molecule has 0 aliphatic carbocycles. The van der Waals surface area contributed by atoms with Gasteiger partial charge in [-0.2, -0.15) is 5.10 Å². The van der Waals surface area contributed by atoms with Crippen LogP contribution in [0.5, 0.6) is 5.75 Å². The highest BCUT2D eigenvalue weighted by molar-refractivity contribution is 6.08. The fourth-order valence-corrected chi connectivity index (χ4v) is 4.80. The second-order valence-electron chi connectivity index (χ2n) is 8.87. The maximum Gasteiger partial charge on any atom is 0.277 e. The molecule has 0 radical (unpaired) electrons. The summed E-state index contributed by atoms with van der Waals surface area (Å²) in [4.78, 5) is 29.6. The van der Waals surface area contributed by atoms with Gasteiger partial charge >= 0.3 is 0 Å². The number of aryl methyl sites for hydroxylation is 1. The smallest absolute Gasteiger partial charge is 0.277 e. The summed E-state index contributed by atoms with van der Waals surface area (Å²) >= 11 is 0. The molecular formula is C26H25N7O4. The lowest BCUT2D eigenvalue weighted by Crippen LogP contribution is -2.41. The van der Waals surface area contributed by atoms with Gasteiger partial charge in [-0.3, -0.25) is 9.59 Å². The number of fused-ring (bicyclic) bond motifs is 1.